The number of benzene rings is 1. The molecule has 0 saturated carbocycles. The Kier molecular flexibility index (Phi) is 5.44. The lowest BCUT2D eigenvalue weighted by Crippen LogP contribution is -2.40. The summed E-state index contributed by atoms with van der Waals surface area (Å²) in [6, 6.07) is 6.63. The lowest BCUT2D eigenvalue weighted by molar-refractivity contribution is -0.141. The summed E-state index contributed by atoms with van der Waals surface area (Å²) in [7, 11) is 0. The van der Waals surface area contributed by atoms with Crippen LogP contribution in [0.15, 0.2) is 40.5 Å². The molecule has 1 amide bonds. The molecule has 2 heterocycles. The molecule has 1 aromatic rings. The van der Waals surface area contributed by atoms with Gasteiger partial charge in [0.15, 0.2) is 5.17 Å². The summed E-state index contributed by atoms with van der Waals surface area (Å²) in [6.45, 7) is 7.86. The first-order valence-electron chi connectivity index (χ1n) is 8.52. The number of rotatable bonds is 4. The molecule has 3 rings (SSSR count). The highest BCUT2D eigenvalue weighted by Crippen LogP contribution is 2.44. The third kappa shape index (κ3) is 3.40. The fourth-order valence-corrected chi connectivity index (χ4v) is 4.24. The van der Waals surface area contributed by atoms with Gasteiger partial charge in [-0.3, -0.25) is 9.69 Å². The second-order valence-corrected chi connectivity index (χ2v) is 8.49. The zero-order valence-corrected chi connectivity index (χ0v) is 16.7. The topological polar surface area (TPSA) is 59.0 Å². The maximum atomic E-state index is 12.8. The molecule has 0 aliphatic carbocycles. The quantitative estimate of drug-likeness (QED) is 0.721. The number of amidine groups is 1. The molecule has 2 aliphatic rings. The van der Waals surface area contributed by atoms with E-state index in [2.05, 4.69) is 4.99 Å². The zero-order valence-electron chi connectivity index (χ0n) is 15.2. The number of allylic oxidation sites excluding steroid dienone is 1. The molecule has 26 heavy (non-hydrogen) atoms. The van der Waals surface area contributed by atoms with Gasteiger partial charge < -0.3 is 4.74 Å². The van der Waals surface area contributed by atoms with Crippen LogP contribution in [0.25, 0.3) is 0 Å². The first-order chi connectivity index (χ1) is 12.3. The van der Waals surface area contributed by atoms with E-state index in [1.165, 1.54) is 11.8 Å². The average Bonchev–Trinajstić information content (AvgIpc) is 2.86. The smallest absolute Gasteiger partial charge is 0.338 e. The van der Waals surface area contributed by atoms with E-state index in [4.69, 9.17) is 16.3 Å². The number of fused-ring (bicyclic) bond motifs is 1. The highest BCUT2D eigenvalue weighted by molar-refractivity contribution is 8.15. The van der Waals surface area contributed by atoms with Crippen molar-refractivity contribution in [2.45, 2.75) is 39.0 Å². The molecule has 0 N–H and O–H groups in total. The van der Waals surface area contributed by atoms with Gasteiger partial charge in [0.25, 0.3) is 0 Å². The van der Waals surface area contributed by atoms with Crippen molar-refractivity contribution in [3.05, 3.63) is 46.1 Å². The zero-order chi connectivity index (χ0) is 19.0. The molecule has 1 saturated heterocycles. The van der Waals surface area contributed by atoms with Crippen LogP contribution in [0.5, 0.6) is 0 Å². The highest BCUT2D eigenvalue weighted by Gasteiger charge is 2.46. The van der Waals surface area contributed by atoms with Crippen LogP contribution in [0.4, 0.5) is 0 Å². The van der Waals surface area contributed by atoms with Gasteiger partial charge in [-0.05, 0) is 31.4 Å². The number of ether oxygens (including phenoxy) is 1. The highest BCUT2D eigenvalue weighted by atomic mass is 35.5. The van der Waals surface area contributed by atoms with Crippen molar-refractivity contribution >= 4 is 40.4 Å². The monoisotopic (exact) mass is 392 g/mol. The molecule has 1 fully saturated rings. The van der Waals surface area contributed by atoms with E-state index >= 15 is 0 Å². The lowest BCUT2D eigenvalue weighted by Gasteiger charge is -2.33. The summed E-state index contributed by atoms with van der Waals surface area (Å²) in [6.07, 6.45) is 0. The number of halogens is 1. The molecule has 138 valence electrons. The van der Waals surface area contributed by atoms with Gasteiger partial charge in [0, 0.05) is 5.02 Å². The lowest BCUT2D eigenvalue weighted by atomic mass is 9.94. The van der Waals surface area contributed by atoms with Gasteiger partial charge in [-0.15, -0.1) is 0 Å². The van der Waals surface area contributed by atoms with Crippen molar-refractivity contribution in [2.24, 2.45) is 10.9 Å². The van der Waals surface area contributed by atoms with E-state index in [1.54, 1.807) is 17.9 Å². The van der Waals surface area contributed by atoms with Gasteiger partial charge in [-0.1, -0.05) is 55.4 Å². The summed E-state index contributed by atoms with van der Waals surface area (Å²) < 4.78 is 5.46. The summed E-state index contributed by atoms with van der Waals surface area (Å²) in [5.74, 6) is -0.327. The molecule has 2 unspecified atom stereocenters. The van der Waals surface area contributed by atoms with Crippen molar-refractivity contribution < 1.29 is 14.3 Å². The van der Waals surface area contributed by atoms with Crippen molar-refractivity contribution in [1.82, 2.24) is 4.90 Å². The largest absolute Gasteiger partial charge is 0.462 e. The molecular weight excluding hydrogens is 372 g/mol. The fourth-order valence-electron chi connectivity index (χ4n) is 2.97. The molecular formula is C19H21ClN2O3S. The molecule has 5 nitrogen and oxygen atoms in total. The third-order valence-electron chi connectivity index (χ3n) is 4.23. The Morgan fingerprint density at radius 3 is 2.73 bits per heavy atom. The molecule has 0 radical (unpaired) electrons. The second kappa shape index (κ2) is 7.45. The number of thioether (sulfide) groups is 1. The minimum absolute atomic E-state index is 0.0830. The normalized spacial score (nSPS) is 22.6. The Balaban J connectivity index is 2.10. The molecule has 0 spiro atoms. The Bertz CT molecular complexity index is 819. The molecule has 7 heteroatoms. The summed E-state index contributed by atoms with van der Waals surface area (Å²) in [5.41, 5.74) is 1.62. The first-order valence-corrected chi connectivity index (χ1v) is 9.77. The predicted molar refractivity (Wildman–Crippen MR) is 104 cm³/mol. The first kappa shape index (κ1) is 19.0. The number of esters is 1. The van der Waals surface area contributed by atoms with E-state index in [1.807, 2.05) is 39.0 Å². The Morgan fingerprint density at radius 2 is 2.08 bits per heavy atom. The van der Waals surface area contributed by atoms with Crippen molar-refractivity contribution in [2.75, 3.05) is 6.61 Å². The molecule has 0 aromatic heterocycles. The van der Waals surface area contributed by atoms with Crippen LogP contribution in [0.3, 0.4) is 0 Å². The Morgan fingerprint density at radius 1 is 1.38 bits per heavy atom. The summed E-state index contributed by atoms with van der Waals surface area (Å²) >= 11 is 7.81. The number of aliphatic imine (C=N–C) groups is 1. The van der Waals surface area contributed by atoms with Gasteiger partial charge in [0.2, 0.25) is 5.91 Å². The predicted octanol–water partition coefficient (Wildman–Crippen LogP) is 4.19. The number of carbonyl (C=O) groups is 2. The summed E-state index contributed by atoms with van der Waals surface area (Å²) in [5, 5.41) is 0.848. The number of hydrogen-bond acceptors (Lipinski definition) is 5. The maximum absolute atomic E-state index is 12.8. The molecule has 2 atom stereocenters. The number of amides is 1. The Hall–Kier alpha value is -1.79. The van der Waals surface area contributed by atoms with E-state index in [0.717, 1.165) is 0 Å². The van der Waals surface area contributed by atoms with Crippen molar-refractivity contribution in [3.8, 4) is 0 Å². The maximum Gasteiger partial charge on any atom is 0.338 e. The van der Waals surface area contributed by atoms with Crippen molar-refractivity contribution in [1.29, 1.82) is 0 Å². The van der Waals surface area contributed by atoms with Crippen LogP contribution in [-0.4, -0.2) is 33.8 Å². The van der Waals surface area contributed by atoms with E-state index < -0.39 is 12.0 Å². The second-order valence-electron chi connectivity index (χ2n) is 6.78. The Labute approximate surface area is 162 Å². The van der Waals surface area contributed by atoms with E-state index in [-0.39, 0.29) is 17.1 Å². The standard InChI is InChI=1S/C19H21ClN2O3S/c1-10(2)9-25-18(24)15-11(3)21-19-22(17(23)12(4)26-19)16(15)13-7-5-6-8-14(13)20/h5-8,10,12,16H,9H2,1-4H3. The van der Waals surface area contributed by atoms with Gasteiger partial charge in [-0.25, -0.2) is 9.79 Å². The SMILES string of the molecule is CC1=C(C(=O)OCC(C)C)C(c2ccccc2Cl)N2C(=O)C(C)SC2=N1. The van der Waals surface area contributed by atoms with E-state index in [0.29, 0.717) is 33.6 Å². The van der Waals surface area contributed by atoms with Crippen LogP contribution in [0, 0.1) is 5.92 Å². The third-order valence-corrected chi connectivity index (χ3v) is 5.62. The number of hydrogen-bond donors (Lipinski definition) is 0. The fraction of sp³-hybridized carbons (Fsp3) is 0.421. The van der Waals surface area contributed by atoms with Gasteiger partial charge in [0.1, 0.15) is 0 Å². The molecule has 1 aromatic carbocycles. The molecule has 0 bridgehead atoms. The van der Waals surface area contributed by atoms with Gasteiger partial charge >= 0.3 is 5.97 Å². The van der Waals surface area contributed by atoms with Gasteiger partial charge in [-0.2, -0.15) is 0 Å². The van der Waals surface area contributed by atoms with Crippen LogP contribution in [0.2, 0.25) is 5.02 Å². The van der Waals surface area contributed by atoms with Gasteiger partial charge in [0.05, 0.1) is 29.2 Å². The number of nitrogens with zero attached hydrogens (tertiary/aromatic N) is 2. The van der Waals surface area contributed by atoms with Crippen LogP contribution in [0.1, 0.15) is 39.3 Å². The van der Waals surface area contributed by atoms with Crippen molar-refractivity contribution in [3.63, 3.8) is 0 Å². The summed E-state index contributed by atoms with van der Waals surface area (Å²) in [4.78, 5) is 31.7. The van der Waals surface area contributed by atoms with Crippen LogP contribution >= 0.6 is 23.4 Å². The minimum atomic E-state index is -0.624. The van der Waals surface area contributed by atoms with Crippen LogP contribution < -0.4 is 0 Å². The average molecular weight is 393 g/mol. The van der Waals surface area contributed by atoms with E-state index in [9.17, 15) is 9.59 Å². The number of carbonyl (C=O) groups excluding carboxylic acids is 2. The minimum Gasteiger partial charge on any atom is -0.462 e. The molecule has 2 aliphatic heterocycles. The van der Waals surface area contributed by atoms with Crippen LogP contribution in [-0.2, 0) is 14.3 Å².